The van der Waals surface area contributed by atoms with Crippen LogP contribution in [0.25, 0.3) is 0 Å². The van der Waals surface area contributed by atoms with Crippen LogP contribution in [0.3, 0.4) is 0 Å². The third kappa shape index (κ3) is 3.04. The van der Waals surface area contributed by atoms with Crippen LogP contribution in [0.2, 0.25) is 0 Å². The van der Waals surface area contributed by atoms with Crippen molar-refractivity contribution in [3.05, 3.63) is 52.2 Å². The molecule has 1 atom stereocenters. The molecule has 6 nitrogen and oxygen atoms in total. The van der Waals surface area contributed by atoms with Crippen molar-refractivity contribution < 1.29 is 4.79 Å². The van der Waals surface area contributed by atoms with E-state index in [9.17, 15) is 9.59 Å². The van der Waals surface area contributed by atoms with Crippen LogP contribution in [0, 0.1) is 6.92 Å². The Balaban J connectivity index is 1.65. The third-order valence-electron chi connectivity index (χ3n) is 3.53. The summed E-state index contributed by atoms with van der Waals surface area (Å²) in [4.78, 5) is 32.6. The Bertz CT molecular complexity index is 745. The quantitative estimate of drug-likeness (QED) is 0.860. The van der Waals surface area contributed by atoms with Crippen LogP contribution in [0.1, 0.15) is 23.6 Å². The van der Waals surface area contributed by atoms with Gasteiger partial charge >= 0.3 is 0 Å². The Kier molecular flexibility index (Phi) is 4.24. The molecule has 2 aromatic rings. The first kappa shape index (κ1) is 14.8. The van der Waals surface area contributed by atoms with Gasteiger partial charge < -0.3 is 5.32 Å². The molecule has 0 spiro atoms. The largest absolute Gasteiger partial charge is 0.352 e. The molecule has 0 aliphatic carbocycles. The number of carbonyl (C=O) groups is 1. The van der Waals surface area contributed by atoms with Crippen molar-refractivity contribution in [3.63, 3.8) is 0 Å². The van der Waals surface area contributed by atoms with E-state index in [1.807, 2.05) is 12.1 Å². The number of fused-ring (bicyclic) bond motifs is 1. The molecule has 2 aromatic heterocycles. The second-order valence-electron chi connectivity index (χ2n) is 5.21. The lowest BCUT2D eigenvalue weighted by Crippen LogP contribution is -2.31. The van der Waals surface area contributed by atoms with Crippen molar-refractivity contribution in [1.82, 2.24) is 19.9 Å². The van der Waals surface area contributed by atoms with Gasteiger partial charge in [-0.15, -0.1) is 0 Å². The molecule has 0 radical (unpaired) electrons. The molecular weight excluding hydrogens is 300 g/mol. The van der Waals surface area contributed by atoms with Crippen LogP contribution >= 0.6 is 11.8 Å². The summed E-state index contributed by atoms with van der Waals surface area (Å²) in [6.07, 6.45) is 5.29. The zero-order valence-electron chi connectivity index (χ0n) is 12.2. The SMILES string of the molecule is Cc1cnc2n(c1=O)[C@@H](CC(=O)NCc1cccnc1)CS2. The molecule has 7 heteroatoms. The number of aromatic nitrogens is 3. The topological polar surface area (TPSA) is 76.9 Å². The standard InChI is InChI=1S/C15H16N4O2S/c1-10-6-18-15-19(14(10)21)12(9-22-15)5-13(20)17-8-11-3-2-4-16-7-11/h2-4,6-7,12H,5,8-9H2,1H3,(H,17,20)/t12-/m0/s1. The maximum atomic E-state index is 12.2. The van der Waals surface area contributed by atoms with Crippen molar-refractivity contribution in [1.29, 1.82) is 0 Å². The van der Waals surface area contributed by atoms with Gasteiger partial charge in [-0.3, -0.25) is 19.1 Å². The van der Waals surface area contributed by atoms with Crippen LogP contribution < -0.4 is 10.9 Å². The lowest BCUT2D eigenvalue weighted by molar-refractivity contribution is -0.121. The Morgan fingerprint density at radius 1 is 1.50 bits per heavy atom. The second-order valence-corrected chi connectivity index (χ2v) is 6.19. The van der Waals surface area contributed by atoms with Crippen LogP contribution in [0.5, 0.6) is 0 Å². The number of hydrogen-bond donors (Lipinski definition) is 1. The molecular formula is C15H16N4O2S. The Morgan fingerprint density at radius 2 is 2.36 bits per heavy atom. The highest BCUT2D eigenvalue weighted by Gasteiger charge is 2.27. The summed E-state index contributed by atoms with van der Waals surface area (Å²) < 4.78 is 1.64. The molecule has 114 valence electrons. The molecule has 1 aliphatic heterocycles. The van der Waals surface area contributed by atoms with Gasteiger partial charge in [-0.25, -0.2) is 4.98 Å². The zero-order chi connectivity index (χ0) is 15.5. The summed E-state index contributed by atoms with van der Waals surface area (Å²) in [5.74, 6) is 0.627. The summed E-state index contributed by atoms with van der Waals surface area (Å²) in [6, 6.07) is 3.61. The van der Waals surface area contributed by atoms with Gasteiger partial charge in [-0.2, -0.15) is 0 Å². The zero-order valence-corrected chi connectivity index (χ0v) is 13.0. The van der Waals surface area contributed by atoms with E-state index in [1.54, 1.807) is 30.1 Å². The number of carbonyl (C=O) groups excluding carboxylic acids is 1. The van der Waals surface area contributed by atoms with E-state index in [0.717, 1.165) is 5.56 Å². The maximum Gasteiger partial charge on any atom is 0.257 e. The number of hydrogen-bond acceptors (Lipinski definition) is 5. The van der Waals surface area contributed by atoms with Crippen LogP contribution in [0.4, 0.5) is 0 Å². The summed E-state index contributed by atoms with van der Waals surface area (Å²) in [6.45, 7) is 2.19. The Labute approximate surface area is 132 Å². The number of nitrogens with zero attached hydrogens (tertiary/aromatic N) is 3. The number of pyridine rings is 1. The molecule has 1 amide bonds. The molecule has 0 unspecified atom stereocenters. The van der Waals surface area contributed by atoms with Crippen molar-refractivity contribution in [2.45, 2.75) is 31.1 Å². The van der Waals surface area contributed by atoms with E-state index in [2.05, 4.69) is 15.3 Å². The van der Waals surface area contributed by atoms with Crippen molar-refractivity contribution in [3.8, 4) is 0 Å². The van der Waals surface area contributed by atoms with Crippen molar-refractivity contribution in [2.75, 3.05) is 5.75 Å². The molecule has 0 bridgehead atoms. The predicted octanol–water partition coefficient (Wildman–Crippen LogP) is 1.30. The second kappa shape index (κ2) is 6.31. The molecule has 3 rings (SSSR count). The van der Waals surface area contributed by atoms with E-state index in [-0.39, 0.29) is 23.9 Å². The number of nitrogens with one attached hydrogen (secondary N) is 1. The predicted molar refractivity (Wildman–Crippen MR) is 83.7 cm³/mol. The van der Waals surface area contributed by atoms with Gasteiger partial charge in [0.25, 0.3) is 5.56 Å². The van der Waals surface area contributed by atoms with E-state index in [4.69, 9.17) is 0 Å². The van der Waals surface area contributed by atoms with Crippen LogP contribution in [-0.4, -0.2) is 26.2 Å². The number of thioether (sulfide) groups is 1. The first-order chi connectivity index (χ1) is 10.6. The minimum Gasteiger partial charge on any atom is -0.352 e. The fraction of sp³-hybridized carbons (Fsp3) is 0.333. The summed E-state index contributed by atoms with van der Waals surface area (Å²) in [5.41, 5.74) is 1.50. The first-order valence-electron chi connectivity index (χ1n) is 7.01. The van der Waals surface area contributed by atoms with Gasteiger partial charge in [0, 0.05) is 42.9 Å². The average Bonchev–Trinajstić information content (AvgIpc) is 2.93. The van der Waals surface area contributed by atoms with Crippen molar-refractivity contribution >= 4 is 17.7 Å². The number of aryl methyl sites for hydroxylation is 1. The van der Waals surface area contributed by atoms with Crippen molar-refractivity contribution in [2.24, 2.45) is 0 Å². The maximum absolute atomic E-state index is 12.2. The van der Waals surface area contributed by atoms with E-state index in [1.165, 1.54) is 11.8 Å². The average molecular weight is 316 g/mol. The number of amides is 1. The lowest BCUT2D eigenvalue weighted by Gasteiger charge is -2.13. The monoisotopic (exact) mass is 316 g/mol. The van der Waals surface area contributed by atoms with E-state index >= 15 is 0 Å². The molecule has 0 fully saturated rings. The minimum absolute atomic E-state index is 0.0555. The molecule has 0 aromatic carbocycles. The summed E-state index contributed by atoms with van der Waals surface area (Å²) in [7, 11) is 0. The smallest absolute Gasteiger partial charge is 0.257 e. The fourth-order valence-corrected chi connectivity index (χ4v) is 3.47. The van der Waals surface area contributed by atoms with E-state index in [0.29, 0.717) is 23.0 Å². The molecule has 1 aliphatic rings. The van der Waals surface area contributed by atoms with Crippen LogP contribution in [-0.2, 0) is 11.3 Å². The van der Waals surface area contributed by atoms with Gasteiger partial charge in [-0.05, 0) is 18.6 Å². The van der Waals surface area contributed by atoms with Gasteiger partial charge in [0.15, 0.2) is 5.16 Å². The van der Waals surface area contributed by atoms with Gasteiger partial charge in [0.05, 0.1) is 6.04 Å². The van der Waals surface area contributed by atoms with Gasteiger partial charge in [0.2, 0.25) is 5.91 Å². The highest BCUT2D eigenvalue weighted by molar-refractivity contribution is 7.99. The molecule has 1 N–H and O–H groups in total. The first-order valence-corrected chi connectivity index (χ1v) is 8.00. The molecule has 3 heterocycles. The Hall–Kier alpha value is -2.15. The third-order valence-corrected chi connectivity index (χ3v) is 4.65. The Morgan fingerprint density at radius 3 is 3.14 bits per heavy atom. The molecule has 0 saturated heterocycles. The molecule has 22 heavy (non-hydrogen) atoms. The van der Waals surface area contributed by atoms with Gasteiger partial charge in [0.1, 0.15) is 0 Å². The highest BCUT2D eigenvalue weighted by atomic mass is 32.2. The summed E-state index contributed by atoms with van der Waals surface area (Å²) >= 11 is 1.52. The highest BCUT2D eigenvalue weighted by Crippen LogP contribution is 2.31. The summed E-state index contributed by atoms with van der Waals surface area (Å²) in [5, 5.41) is 3.56. The lowest BCUT2D eigenvalue weighted by atomic mass is 10.2. The molecule has 0 saturated carbocycles. The van der Waals surface area contributed by atoms with Gasteiger partial charge in [-0.1, -0.05) is 17.8 Å². The normalized spacial score (nSPS) is 16.3. The fourth-order valence-electron chi connectivity index (χ4n) is 2.36. The van der Waals surface area contributed by atoms with E-state index < -0.39 is 0 Å². The minimum atomic E-state index is -0.131. The van der Waals surface area contributed by atoms with Crippen LogP contribution in [0.15, 0.2) is 40.7 Å². The number of rotatable bonds is 4.